The van der Waals surface area contributed by atoms with Crippen LogP contribution in [0.15, 0.2) is 41.6 Å². The molecule has 0 bridgehead atoms. The van der Waals surface area contributed by atoms with Crippen LogP contribution in [0.2, 0.25) is 5.02 Å². The van der Waals surface area contributed by atoms with Crippen LogP contribution in [0.1, 0.15) is 18.4 Å². The highest BCUT2D eigenvalue weighted by Crippen LogP contribution is 2.34. The highest BCUT2D eigenvalue weighted by molar-refractivity contribution is 7.93. The number of sulfonamides is 1. The quantitative estimate of drug-likeness (QED) is 0.312. The normalized spacial score (nSPS) is 11.3. The molecular formula is C22H26ClFN4O5S2. The summed E-state index contributed by atoms with van der Waals surface area (Å²) in [4.78, 5) is 3.47. The summed E-state index contributed by atoms with van der Waals surface area (Å²) < 4.78 is 62.9. The van der Waals surface area contributed by atoms with Crippen LogP contribution in [-0.2, 0) is 21.3 Å². The van der Waals surface area contributed by atoms with Gasteiger partial charge in [-0.1, -0.05) is 11.6 Å². The van der Waals surface area contributed by atoms with Gasteiger partial charge in [-0.25, -0.2) is 22.1 Å². The Balaban J connectivity index is 1.94. The first-order valence-electron chi connectivity index (χ1n) is 10.5. The van der Waals surface area contributed by atoms with Gasteiger partial charge in [0.2, 0.25) is 5.13 Å². The van der Waals surface area contributed by atoms with E-state index in [2.05, 4.69) is 14.7 Å². The van der Waals surface area contributed by atoms with Crippen LogP contribution in [-0.4, -0.2) is 52.3 Å². The minimum absolute atomic E-state index is 0.0683. The first kappa shape index (κ1) is 26.9. The van der Waals surface area contributed by atoms with Crippen LogP contribution >= 0.6 is 23.1 Å². The molecule has 9 nitrogen and oxygen atoms in total. The molecule has 1 aromatic heterocycles. The zero-order valence-electron chi connectivity index (χ0n) is 19.5. The van der Waals surface area contributed by atoms with Crippen molar-refractivity contribution in [2.24, 2.45) is 0 Å². The molecule has 3 aromatic rings. The van der Waals surface area contributed by atoms with Gasteiger partial charge in [0.05, 0.1) is 31.5 Å². The van der Waals surface area contributed by atoms with E-state index in [1.165, 1.54) is 20.5 Å². The lowest BCUT2D eigenvalue weighted by Gasteiger charge is -2.23. The van der Waals surface area contributed by atoms with E-state index in [0.29, 0.717) is 35.9 Å². The average molecular weight is 545 g/mol. The molecule has 0 amide bonds. The molecule has 0 spiro atoms. The van der Waals surface area contributed by atoms with Crippen LogP contribution < -0.4 is 19.1 Å². The molecule has 13 heteroatoms. The van der Waals surface area contributed by atoms with Crippen LogP contribution in [0.3, 0.4) is 0 Å². The number of anilines is 2. The summed E-state index contributed by atoms with van der Waals surface area (Å²) in [6.07, 6.45) is 2.83. The molecule has 190 valence electrons. The number of methoxy groups -OCH3 is 3. The molecule has 0 saturated carbocycles. The van der Waals surface area contributed by atoms with Crippen molar-refractivity contribution in [3.63, 3.8) is 0 Å². The summed E-state index contributed by atoms with van der Waals surface area (Å²) in [7, 11) is 0.177. The van der Waals surface area contributed by atoms with Gasteiger partial charge in [0.1, 0.15) is 28.5 Å². The molecule has 0 atom stereocenters. The Labute approximate surface area is 213 Å². The number of aromatic nitrogens is 2. The zero-order chi connectivity index (χ0) is 25.4. The molecule has 35 heavy (non-hydrogen) atoms. The molecular weight excluding hydrogens is 519 g/mol. The number of hydrogen-bond donors (Lipinski definition) is 1. The summed E-state index contributed by atoms with van der Waals surface area (Å²) in [6.45, 7) is 0.964. The fraction of sp³-hybridized carbons (Fsp3) is 0.364. The fourth-order valence-corrected chi connectivity index (χ4v) is 5.74. The van der Waals surface area contributed by atoms with Gasteiger partial charge in [0, 0.05) is 43.4 Å². The maximum absolute atomic E-state index is 15.1. The summed E-state index contributed by atoms with van der Waals surface area (Å²) in [5.41, 5.74) is 0.827. The smallest absolute Gasteiger partial charge is 0.269 e. The maximum Gasteiger partial charge on any atom is 0.269 e. The molecule has 0 aliphatic heterocycles. The molecule has 0 unspecified atom stereocenters. The van der Waals surface area contributed by atoms with Crippen LogP contribution in [0, 0.1) is 5.82 Å². The lowest BCUT2D eigenvalue weighted by molar-refractivity contribution is 0.194. The molecule has 0 saturated heterocycles. The third kappa shape index (κ3) is 6.51. The number of hydrogen-bond acceptors (Lipinski definition) is 9. The monoisotopic (exact) mass is 544 g/mol. The van der Waals surface area contributed by atoms with Gasteiger partial charge in [-0.2, -0.15) is 4.37 Å². The van der Waals surface area contributed by atoms with Gasteiger partial charge in [-0.15, -0.1) is 0 Å². The molecule has 0 fully saturated rings. The first-order valence-corrected chi connectivity index (χ1v) is 13.1. The van der Waals surface area contributed by atoms with Crippen molar-refractivity contribution in [3.8, 4) is 11.5 Å². The number of nitrogens with zero attached hydrogens (tertiary/aromatic N) is 3. The van der Waals surface area contributed by atoms with Crippen molar-refractivity contribution < 1.29 is 27.0 Å². The Hall–Kier alpha value is -2.67. The second-order valence-electron chi connectivity index (χ2n) is 7.30. The molecule has 1 N–H and O–H groups in total. The standard InChI is InChI=1S/C22H26ClFN4O5S2/c1-31-9-5-4-8-25-19-12-18(24)21(11-17(19)23)35(29,30)28(22-26-14-27-34-22)13-15-6-7-16(32-2)10-20(15)33-3/h6-7,10-12,14,25H,4-5,8-9,13H2,1-3H3. The van der Waals surface area contributed by atoms with Crippen molar-refractivity contribution in [3.05, 3.63) is 53.1 Å². The predicted molar refractivity (Wildman–Crippen MR) is 134 cm³/mol. The minimum atomic E-state index is -4.41. The van der Waals surface area contributed by atoms with E-state index in [4.69, 9.17) is 25.8 Å². The van der Waals surface area contributed by atoms with Gasteiger partial charge in [0.25, 0.3) is 10.0 Å². The molecule has 2 aromatic carbocycles. The van der Waals surface area contributed by atoms with Crippen molar-refractivity contribution in [2.75, 3.05) is 44.1 Å². The van der Waals surface area contributed by atoms with E-state index in [1.54, 1.807) is 25.3 Å². The maximum atomic E-state index is 15.1. The Morgan fingerprint density at radius 1 is 1.14 bits per heavy atom. The Kier molecular flexibility index (Phi) is 9.49. The van der Waals surface area contributed by atoms with Gasteiger partial charge in [0.15, 0.2) is 0 Å². The predicted octanol–water partition coefficient (Wildman–Crippen LogP) is 4.58. The molecule has 0 aliphatic carbocycles. The highest BCUT2D eigenvalue weighted by atomic mass is 35.5. The van der Waals surface area contributed by atoms with Gasteiger partial charge in [-0.05, 0) is 37.1 Å². The number of ether oxygens (including phenoxy) is 3. The second-order valence-corrected chi connectivity index (χ2v) is 10.3. The van der Waals surface area contributed by atoms with E-state index in [1.807, 2.05) is 0 Å². The van der Waals surface area contributed by atoms with E-state index < -0.39 is 20.7 Å². The van der Waals surface area contributed by atoms with E-state index >= 15 is 4.39 Å². The first-order chi connectivity index (χ1) is 16.8. The molecule has 3 rings (SSSR count). The van der Waals surface area contributed by atoms with Crippen LogP contribution in [0.5, 0.6) is 11.5 Å². The zero-order valence-corrected chi connectivity index (χ0v) is 21.8. The highest BCUT2D eigenvalue weighted by Gasteiger charge is 2.32. The average Bonchev–Trinajstić information content (AvgIpc) is 3.38. The van der Waals surface area contributed by atoms with E-state index in [0.717, 1.165) is 40.8 Å². The van der Waals surface area contributed by atoms with E-state index in [-0.39, 0.29) is 16.7 Å². The summed E-state index contributed by atoms with van der Waals surface area (Å²) in [5.74, 6) is 0.00431. The van der Waals surface area contributed by atoms with Gasteiger partial charge >= 0.3 is 0 Å². The van der Waals surface area contributed by atoms with Gasteiger partial charge < -0.3 is 19.5 Å². The topological polar surface area (TPSA) is 103 Å². The number of halogens is 2. The molecule has 0 radical (unpaired) electrons. The summed E-state index contributed by atoms with van der Waals surface area (Å²) in [6, 6.07) is 7.15. The molecule has 1 heterocycles. The van der Waals surface area contributed by atoms with Gasteiger partial charge in [-0.3, -0.25) is 0 Å². The van der Waals surface area contributed by atoms with Crippen molar-refractivity contribution in [2.45, 2.75) is 24.3 Å². The number of nitrogens with one attached hydrogen (secondary N) is 1. The van der Waals surface area contributed by atoms with Crippen molar-refractivity contribution in [1.29, 1.82) is 0 Å². The third-order valence-electron chi connectivity index (χ3n) is 5.05. The van der Waals surface area contributed by atoms with Crippen LogP contribution in [0.4, 0.5) is 15.2 Å². The number of unbranched alkanes of at least 4 members (excludes halogenated alkanes) is 1. The summed E-state index contributed by atoms with van der Waals surface area (Å²) >= 11 is 7.19. The SMILES string of the molecule is COCCCCNc1cc(F)c(S(=O)(=O)N(Cc2ccc(OC)cc2OC)c2ncns2)cc1Cl. The lowest BCUT2D eigenvalue weighted by atomic mass is 10.2. The van der Waals surface area contributed by atoms with E-state index in [9.17, 15) is 8.42 Å². The lowest BCUT2D eigenvalue weighted by Crippen LogP contribution is -2.31. The largest absolute Gasteiger partial charge is 0.497 e. The summed E-state index contributed by atoms with van der Waals surface area (Å²) in [5, 5.41) is 3.18. The third-order valence-corrected chi connectivity index (χ3v) is 7.92. The number of benzene rings is 2. The minimum Gasteiger partial charge on any atom is -0.497 e. The Bertz CT molecular complexity index is 1230. The second kappa shape index (κ2) is 12.3. The van der Waals surface area contributed by atoms with Crippen molar-refractivity contribution in [1.82, 2.24) is 9.36 Å². The Morgan fingerprint density at radius 2 is 1.94 bits per heavy atom. The van der Waals surface area contributed by atoms with Crippen molar-refractivity contribution >= 4 is 44.0 Å². The number of rotatable bonds is 13. The van der Waals surface area contributed by atoms with Crippen LogP contribution in [0.25, 0.3) is 0 Å². The fourth-order valence-electron chi connectivity index (χ4n) is 3.24. The Morgan fingerprint density at radius 3 is 2.60 bits per heavy atom. The molecule has 0 aliphatic rings.